The van der Waals surface area contributed by atoms with Gasteiger partial charge in [0.05, 0.1) is 11.8 Å². The van der Waals surface area contributed by atoms with E-state index in [9.17, 15) is 13.2 Å². The van der Waals surface area contributed by atoms with Crippen LogP contribution in [-0.2, 0) is 6.18 Å². The molecular weight excluding hydrogens is 269 g/mol. The fraction of sp³-hybridized carbons (Fsp3) is 0.0909. The average Bonchev–Trinajstić information content (AvgIpc) is 2.31. The highest BCUT2D eigenvalue weighted by Crippen LogP contribution is 2.31. The molecule has 0 bridgehead atoms. The van der Waals surface area contributed by atoms with Crippen LogP contribution in [0.25, 0.3) is 0 Å². The van der Waals surface area contributed by atoms with Crippen molar-refractivity contribution < 1.29 is 17.9 Å². The van der Waals surface area contributed by atoms with Gasteiger partial charge in [0, 0.05) is 12.3 Å². The van der Waals surface area contributed by atoms with Crippen molar-refractivity contribution in [1.29, 1.82) is 0 Å². The van der Waals surface area contributed by atoms with Crippen LogP contribution in [0.3, 0.4) is 0 Å². The highest BCUT2D eigenvalue weighted by Gasteiger charge is 2.31. The fourth-order valence-electron chi connectivity index (χ4n) is 1.18. The highest BCUT2D eigenvalue weighted by molar-refractivity contribution is 6.29. The molecule has 0 saturated carbocycles. The summed E-state index contributed by atoms with van der Waals surface area (Å²) in [4.78, 5) is 7.42. The van der Waals surface area contributed by atoms with Crippen LogP contribution >= 0.6 is 11.6 Å². The lowest BCUT2D eigenvalue weighted by Gasteiger charge is -2.08. The van der Waals surface area contributed by atoms with Crippen molar-refractivity contribution in [3.05, 3.63) is 47.4 Å². The van der Waals surface area contributed by atoms with Gasteiger partial charge >= 0.3 is 6.18 Å². The molecule has 0 aliphatic carbocycles. The van der Waals surface area contributed by atoms with E-state index in [1.165, 1.54) is 18.3 Å². The van der Waals surface area contributed by atoms with Gasteiger partial charge in [0.1, 0.15) is 10.9 Å². The Bertz CT molecular complexity index is 543. The number of aromatic nitrogens is 2. The summed E-state index contributed by atoms with van der Waals surface area (Å²) in [5, 5.41) is 0.263. The van der Waals surface area contributed by atoms with Gasteiger partial charge in [0.25, 0.3) is 0 Å². The van der Waals surface area contributed by atoms with Crippen molar-refractivity contribution in [2.24, 2.45) is 0 Å². The zero-order chi connectivity index (χ0) is 13.2. The Balaban J connectivity index is 2.22. The van der Waals surface area contributed by atoms with E-state index in [1.807, 2.05) is 0 Å². The molecule has 0 radical (unpaired) electrons. The van der Waals surface area contributed by atoms with Crippen LogP contribution in [0.2, 0.25) is 5.15 Å². The molecule has 0 fully saturated rings. The SMILES string of the molecule is FC(F)(F)c1ccnc(Oc2ccc(Cl)nc2)c1. The normalized spacial score (nSPS) is 11.3. The Morgan fingerprint density at radius 3 is 2.50 bits per heavy atom. The monoisotopic (exact) mass is 274 g/mol. The molecule has 7 heteroatoms. The number of nitrogens with zero attached hydrogens (tertiary/aromatic N) is 2. The topological polar surface area (TPSA) is 35.0 Å². The number of alkyl halides is 3. The second kappa shape index (κ2) is 4.81. The van der Waals surface area contributed by atoms with Crippen LogP contribution in [0.5, 0.6) is 11.6 Å². The molecule has 3 nitrogen and oxygen atoms in total. The van der Waals surface area contributed by atoms with Crippen LogP contribution in [0, 0.1) is 0 Å². The van der Waals surface area contributed by atoms with E-state index in [-0.39, 0.29) is 16.8 Å². The van der Waals surface area contributed by atoms with Gasteiger partial charge in [-0.25, -0.2) is 9.97 Å². The molecule has 0 unspecified atom stereocenters. The molecule has 2 heterocycles. The third-order valence-electron chi connectivity index (χ3n) is 1.98. The summed E-state index contributed by atoms with van der Waals surface area (Å²) >= 11 is 5.57. The van der Waals surface area contributed by atoms with Crippen molar-refractivity contribution in [3.8, 4) is 11.6 Å². The smallest absolute Gasteiger partial charge is 0.416 e. The second-order valence-corrected chi connectivity index (χ2v) is 3.69. The van der Waals surface area contributed by atoms with Crippen molar-refractivity contribution >= 4 is 11.6 Å². The molecule has 2 aromatic rings. The maximum atomic E-state index is 12.4. The van der Waals surface area contributed by atoms with E-state index in [0.717, 1.165) is 18.3 Å². The molecule has 0 N–H and O–H groups in total. The summed E-state index contributed by atoms with van der Waals surface area (Å²) in [5.41, 5.74) is -0.825. The summed E-state index contributed by atoms with van der Waals surface area (Å²) in [6, 6.07) is 4.63. The fourth-order valence-corrected chi connectivity index (χ4v) is 1.30. The average molecular weight is 275 g/mol. The summed E-state index contributed by atoms with van der Waals surface area (Å²) in [7, 11) is 0. The predicted molar refractivity (Wildman–Crippen MR) is 58.6 cm³/mol. The molecule has 0 spiro atoms. The minimum atomic E-state index is -4.43. The molecule has 0 aromatic carbocycles. The standard InChI is InChI=1S/C11H6ClF3N2O/c12-9-2-1-8(6-17-9)18-10-5-7(3-4-16-10)11(13,14)15/h1-6H. The Labute approximate surface area is 105 Å². The van der Waals surface area contributed by atoms with Gasteiger partial charge in [-0.3, -0.25) is 0 Å². The van der Waals surface area contributed by atoms with Crippen LogP contribution in [0.4, 0.5) is 13.2 Å². The van der Waals surface area contributed by atoms with E-state index in [2.05, 4.69) is 9.97 Å². The predicted octanol–water partition coefficient (Wildman–Crippen LogP) is 3.94. The first-order valence-electron chi connectivity index (χ1n) is 4.78. The quantitative estimate of drug-likeness (QED) is 0.778. The molecule has 0 amide bonds. The number of ether oxygens (including phenoxy) is 1. The van der Waals surface area contributed by atoms with Crippen LogP contribution < -0.4 is 4.74 Å². The molecule has 0 saturated heterocycles. The molecule has 0 atom stereocenters. The van der Waals surface area contributed by atoms with E-state index in [1.54, 1.807) is 0 Å². The van der Waals surface area contributed by atoms with E-state index >= 15 is 0 Å². The lowest BCUT2D eigenvalue weighted by atomic mass is 10.2. The van der Waals surface area contributed by atoms with Crippen LogP contribution in [0.15, 0.2) is 36.7 Å². The second-order valence-electron chi connectivity index (χ2n) is 3.30. The number of halogens is 4. The van der Waals surface area contributed by atoms with E-state index in [4.69, 9.17) is 16.3 Å². The maximum Gasteiger partial charge on any atom is 0.416 e. The molecule has 94 valence electrons. The first kappa shape index (κ1) is 12.6. The Morgan fingerprint density at radius 2 is 1.89 bits per heavy atom. The van der Waals surface area contributed by atoms with Crippen molar-refractivity contribution in [2.75, 3.05) is 0 Å². The van der Waals surface area contributed by atoms with E-state index < -0.39 is 11.7 Å². The number of rotatable bonds is 2. The summed E-state index contributed by atoms with van der Waals surface area (Å²) in [6.07, 6.45) is -2.11. The maximum absolute atomic E-state index is 12.4. The third kappa shape index (κ3) is 3.10. The van der Waals surface area contributed by atoms with Gasteiger partial charge in [-0.1, -0.05) is 11.6 Å². The zero-order valence-electron chi connectivity index (χ0n) is 8.78. The molecule has 0 aliphatic rings. The van der Waals surface area contributed by atoms with Gasteiger partial charge < -0.3 is 4.74 Å². The van der Waals surface area contributed by atoms with E-state index in [0.29, 0.717) is 0 Å². The first-order valence-corrected chi connectivity index (χ1v) is 5.15. The first-order chi connectivity index (χ1) is 8.45. The van der Waals surface area contributed by atoms with Gasteiger partial charge in [-0.2, -0.15) is 13.2 Å². The lowest BCUT2D eigenvalue weighted by molar-refractivity contribution is -0.137. The van der Waals surface area contributed by atoms with Gasteiger partial charge in [0.15, 0.2) is 0 Å². The Kier molecular flexibility index (Phi) is 3.38. The summed E-state index contributed by atoms with van der Waals surface area (Å²) in [6.45, 7) is 0. The Hall–Kier alpha value is -1.82. The third-order valence-corrected chi connectivity index (χ3v) is 2.21. The molecule has 2 aromatic heterocycles. The molecule has 18 heavy (non-hydrogen) atoms. The number of hydrogen-bond donors (Lipinski definition) is 0. The van der Waals surface area contributed by atoms with Crippen molar-refractivity contribution in [2.45, 2.75) is 6.18 Å². The van der Waals surface area contributed by atoms with Crippen LogP contribution in [-0.4, -0.2) is 9.97 Å². The number of hydrogen-bond acceptors (Lipinski definition) is 3. The van der Waals surface area contributed by atoms with Gasteiger partial charge in [-0.15, -0.1) is 0 Å². The minimum Gasteiger partial charge on any atom is -0.437 e. The van der Waals surface area contributed by atoms with Gasteiger partial charge in [-0.05, 0) is 18.2 Å². The van der Waals surface area contributed by atoms with Gasteiger partial charge in [0.2, 0.25) is 5.88 Å². The minimum absolute atomic E-state index is 0.158. The largest absolute Gasteiger partial charge is 0.437 e. The lowest BCUT2D eigenvalue weighted by Crippen LogP contribution is -2.05. The zero-order valence-corrected chi connectivity index (χ0v) is 9.53. The molecule has 0 aliphatic heterocycles. The van der Waals surface area contributed by atoms with Crippen LogP contribution in [0.1, 0.15) is 5.56 Å². The Morgan fingerprint density at radius 1 is 1.11 bits per heavy atom. The van der Waals surface area contributed by atoms with Crippen molar-refractivity contribution in [1.82, 2.24) is 9.97 Å². The molecular formula is C11H6ClF3N2O. The summed E-state index contributed by atoms with van der Waals surface area (Å²) in [5.74, 6) is 0.0974. The van der Waals surface area contributed by atoms with Crippen molar-refractivity contribution in [3.63, 3.8) is 0 Å². The molecule has 2 rings (SSSR count). The number of pyridine rings is 2. The summed E-state index contributed by atoms with van der Waals surface area (Å²) < 4.78 is 42.5. The highest BCUT2D eigenvalue weighted by atomic mass is 35.5.